The van der Waals surface area contributed by atoms with Gasteiger partial charge in [0.15, 0.2) is 0 Å². The van der Waals surface area contributed by atoms with Gasteiger partial charge in [-0.05, 0) is 53.4 Å². The number of amides is 1. The molecule has 0 saturated carbocycles. The van der Waals surface area contributed by atoms with Crippen LogP contribution in [-0.4, -0.2) is 45.1 Å². The minimum absolute atomic E-state index is 0.0165. The van der Waals surface area contributed by atoms with Crippen molar-refractivity contribution in [3.05, 3.63) is 0 Å². The molecule has 0 aliphatic rings. The number of nitrogens with one attached hydrogen (secondary N) is 1. The molecular weight excluding hydrogens is 533 g/mol. The van der Waals surface area contributed by atoms with Gasteiger partial charge in [-0.1, -0.05) is 114 Å². The fourth-order valence-corrected chi connectivity index (χ4v) is 7.32. The zero-order valence-corrected chi connectivity index (χ0v) is 28.4. The minimum Gasteiger partial charge on any atom is -0.353 e. The van der Waals surface area contributed by atoms with E-state index in [0.717, 1.165) is 38.5 Å². The summed E-state index contributed by atoms with van der Waals surface area (Å²) in [5.41, 5.74) is 0. The molecule has 7 nitrogen and oxygen atoms in total. The van der Waals surface area contributed by atoms with Gasteiger partial charge in [0.25, 0.3) is 0 Å². The van der Waals surface area contributed by atoms with Crippen molar-refractivity contribution in [3.63, 3.8) is 0 Å². The normalized spacial score (nSPS) is 12.8. The maximum absolute atomic E-state index is 12.5. The summed E-state index contributed by atoms with van der Waals surface area (Å²) in [6, 6.07) is 2.19. The van der Waals surface area contributed by atoms with E-state index < -0.39 is 8.09 Å². The first-order chi connectivity index (χ1) is 19.7. The standard InChI is InChI=1S/C33H66N3O4P/c1-6-7-8-9-10-11-12-13-14-15-16-17-18-19-22-27-33(37)35-32(26-24-28-34)25-21-20-23-29-40-41(38,39)36(30(2)3)31(4)5/h30-32,38-39H,6-27,29H2,1-5H3/p+1. The average molecular weight is 601 g/mol. The second kappa shape index (κ2) is 26.8. The summed E-state index contributed by atoms with van der Waals surface area (Å²) >= 11 is 0. The summed E-state index contributed by atoms with van der Waals surface area (Å²) in [5, 5.41) is 12.2. The van der Waals surface area contributed by atoms with E-state index in [4.69, 9.17) is 9.79 Å². The van der Waals surface area contributed by atoms with Crippen LogP contribution in [0.3, 0.4) is 0 Å². The van der Waals surface area contributed by atoms with E-state index in [2.05, 4.69) is 18.3 Å². The lowest BCUT2D eigenvalue weighted by atomic mass is 10.0. The topological polar surface area (TPSA) is 106 Å². The first-order valence-electron chi connectivity index (χ1n) is 17.1. The van der Waals surface area contributed by atoms with Crippen molar-refractivity contribution >= 4 is 14.0 Å². The molecular formula is C33H67N3O4P+. The molecule has 0 heterocycles. The fourth-order valence-electron chi connectivity index (χ4n) is 5.61. The molecule has 0 radical (unpaired) electrons. The Labute approximate surface area is 254 Å². The van der Waals surface area contributed by atoms with Crippen molar-refractivity contribution in [1.29, 1.82) is 5.26 Å². The van der Waals surface area contributed by atoms with Crippen LogP contribution in [0, 0.1) is 11.3 Å². The molecule has 0 bridgehead atoms. The van der Waals surface area contributed by atoms with E-state index in [9.17, 15) is 14.6 Å². The highest BCUT2D eigenvalue weighted by molar-refractivity contribution is 7.57. The van der Waals surface area contributed by atoms with Crippen molar-refractivity contribution in [2.75, 3.05) is 6.61 Å². The van der Waals surface area contributed by atoms with Gasteiger partial charge in [-0.25, -0.2) is 0 Å². The van der Waals surface area contributed by atoms with E-state index >= 15 is 0 Å². The zero-order valence-electron chi connectivity index (χ0n) is 27.5. The molecule has 0 aromatic rings. The average Bonchev–Trinajstić information content (AvgIpc) is 2.90. The van der Waals surface area contributed by atoms with Crippen LogP contribution in [-0.2, 0) is 9.32 Å². The number of hydrogen-bond acceptors (Lipinski definition) is 6. The third kappa shape index (κ3) is 23.4. The highest BCUT2D eigenvalue weighted by Crippen LogP contribution is 2.57. The molecule has 1 amide bonds. The van der Waals surface area contributed by atoms with Crippen molar-refractivity contribution in [1.82, 2.24) is 9.99 Å². The van der Waals surface area contributed by atoms with Crippen molar-refractivity contribution < 1.29 is 19.1 Å². The SMILES string of the molecule is CCCCCCCCCCCCCCCCCC(=O)NC(CCC#N)CCCCCO[P+](O)(O)N(C(C)C)C(C)C. The molecule has 3 N–H and O–H groups in total. The monoisotopic (exact) mass is 600 g/mol. The Bertz CT molecular complexity index is 647. The second-order valence-corrected chi connectivity index (χ2v) is 14.2. The van der Waals surface area contributed by atoms with E-state index in [1.54, 1.807) is 4.67 Å². The molecule has 0 rings (SSSR count). The summed E-state index contributed by atoms with van der Waals surface area (Å²) in [6.07, 6.45) is 24.7. The van der Waals surface area contributed by atoms with E-state index in [0.29, 0.717) is 25.9 Å². The maximum Gasteiger partial charge on any atom is 0.499 e. The van der Waals surface area contributed by atoms with Gasteiger partial charge in [0.2, 0.25) is 5.91 Å². The lowest BCUT2D eigenvalue weighted by Crippen LogP contribution is -2.37. The third-order valence-electron chi connectivity index (χ3n) is 7.80. The van der Waals surface area contributed by atoms with Crippen molar-refractivity contribution in [3.8, 4) is 6.07 Å². The molecule has 8 heteroatoms. The van der Waals surface area contributed by atoms with Gasteiger partial charge >= 0.3 is 8.09 Å². The van der Waals surface area contributed by atoms with Crippen molar-refractivity contribution in [2.24, 2.45) is 0 Å². The second-order valence-electron chi connectivity index (χ2n) is 12.4. The van der Waals surface area contributed by atoms with E-state index in [-0.39, 0.29) is 24.0 Å². The molecule has 1 atom stereocenters. The molecule has 1 unspecified atom stereocenters. The Kier molecular flexibility index (Phi) is 26.3. The number of carbonyl (C=O) groups is 1. The quantitative estimate of drug-likeness (QED) is 0.0583. The summed E-state index contributed by atoms with van der Waals surface area (Å²) < 4.78 is 7.14. The van der Waals surface area contributed by atoms with Gasteiger partial charge in [-0.15, -0.1) is 0 Å². The van der Waals surface area contributed by atoms with Crippen LogP contribution in [0.5, 0.6) is 0 Å². The Hall–Kier alpha value is -0.770. The molecule has 0 aliphatic carbocycles. The predicted molar refractivity (Wildman–Crippen MR) is 174 cm³/mol. The first kappa shape index (κ1) is 40.2. The molecule has 242 valence electrons. The molecule has 0 spiro atoms. The first-order valence-corrected chi connectivity index (χ1v) is 18.7. The van der Waals surface area contributed by atoms with Crippen LogP contribution >= 0.6 is 8.09 Å². The van der Waals surface area contributed by atoms with Gasteiger partial charge in [0.1, 0.15) is 0 Å². The van der Waals surface area contributed by atoms with E-state index in [1.807, 2.05) is 27.7 Å². The number of unbranched alkanes of at least 4 members (excludes halogenated alkanes) is 16. The van der Waals surface area contributed by atoms with E-state index in [1.165, 1.54) is 83.5 Å². The maximum atomic E-state index is 12.5. The molecule has 41 heavy (non-hydrogen) atoms. The lowest BCUT2D eigenvalue weighted by molar-refractivity contribution is -0.122. The molecule has 0 aliphatic heterocycles. The Balaban J connectivity index is 3.93. The smallest absolute Gasteiger partial charge is 0.353 e. The van der Waals surface area contributed by atoms with Crippen LogP contribution in [0.2, 0.25) is 0 Å². The number of hydrogen-bond donors (Lipinski definition) is 3. The van der Waals surface area contributed by atoms with Crippen LogP contribution in [0.4, 0.5) is 0 Å². The largest absolute Gasteiger partial charge is 0.499 e. The zero-order chi connectivity index (χ0) is 30.8. The van der Waals surface area contributed by atoms with Crippen LogP contribution in [0.15, 0.2) is 0 Å². The molecule has 0 saturated heterocycles. The van der Waals surface area contributed by atoms with Gasteiger partial charge in [0, 0.05) is 31.0 Å². The van der Waals surface area contributed by atoms with Crippen LogP contribution < -0.4 is 5.32 Å². The molecule has 0 fully saturated rings. The summed E-state index contributed by atoms with van der Waals surface area (Å²) in [5.74, 6) is 0.101. The Morgan fingerprint density at radius 2 is 1.22 bits per heavy atom. The fraction of sp³-hybridized carbons (Fsp3) is 0.939. The third-order valence-corrected chi connectivity index (χ3v) is 9.85. The van der Waals surface area contributed by atoms with Crippen LogP contribution in [0.25, 0.3) is 0 Å². The Morgan fingerprint density at radius 3 is 1.68 bits per heavy atom. The summed E-state index contributed by atoms with van der Waals surface area (Å²) in [7, 11) is -3.56. The number of nitrogens with zero attached hydrogens (tertiary/aromatic N) is 2. The van der Waals surface area contributed by atoms with Gasteiger partial charge in [-0.2, -0.15) is 19.6 Å². The van der Waals surface area contributed by atoms with Gasteiger partial charge < -0.3 is 5.32 Å². The van der Waals surface area contributed by atoms with Gasteiger partial charge in [0.05, 0.1) is 12.7 Å². The summed E-state index contributed by atoms with van der Waals surface area (Å²) in [4.78, 5) is 33.4. The minimum atomic E-state index is -3.56. The highest BCUT2D eigenvalue weighted by atomic mass is 31.2. The highest BCUT2D eigenvalue weighted by Gasteiger charge is 2.48. The Morgan fingerprint density at radius 1 is 0.756 bits per heavy atom. The number of rotatable bonds is 29. The number of carbonyl (C=O) groups excluding carboxylic acids is 1. The molecule has 0 aromatic carbocycles. The van der Waals surface area contributed by atoms with Gasteiger partial charge in [-0.3, -0.25) is 4.79 Å². The predicted octanol–water partition coefficient (Wildman–Crippen LogP) is 9.39. The lowest BCUT2D eigenvalue weighted by Gasteiger charge is -2.29. The number of nitriles is 1. The molecule has 0 aromatic heterocycles. The summed E-state index contributed by atoms with van der Waals surface area (Å²) in [6.45, 7) is 10.3. The van der Waals surface area contributed by atoms with Crippen molar-refractivity contribution in [2.45, 2.75) is 194 Å². The van der Waals surface area contributed by atoms with Crippen LogP contribution in [0.1, 0.15) is 176 Å².